The number of aryl methyl sites for hydroxylation is 1. The van der Waals surface area contributed by atoms with E-state index >= 15 is 0 Å². The quantitative estimate of drug-likeness (QED) is 0.613. The molecule has 1 saturated heterocycles. The Morgan fingerprint density at radius 3 is 1.97 bits per heavy atom. The van der Waals surface area contributed by atoms with E-state index in [9.17, 15) is 0 Å². The Bertz CT molecular complexity index is 1010. The van der Waals surface area contributed by atoms with Gasteiger partial charge in [0.15, 0.2) is 5.11 Å². The monoisotopic (exact) mass is 414 g/mol. The van der Waals surface area contributed by atoms with Crippen LogP contribution in [0.2, 0.25) is 0 Å². The van der Waals surface area contributed by atoms with Crippen molar-refractivity contribution in [2.45, 2.75) is 13.0 Å². The second kappa shape index (κ2) is 8.19. The van der Waals surface area contributed by atoms with Crippen LogP contribution in [0.25, 0.3) is 11.1 Å². The van der Waals surface area contributed by atoms with Crippen LogP contribution in [0.1, 0.15) is 22.7 Å². The minimum Gasteiger partial charge on any atom is -0.332 e. The van der Waals surface area contributed by atoms with Crippen molar-refractivity contribution < 1.29 is 0 Å². The van der Waals surface area contributed by atoms with Crippen molar-refractivity contribution in [2.75, 3.05) is 31.5 Å². The summed E-state index contributed by atoms with van der Waals surface area (Å²) in [7, 11) is 0. The van der Waals surface area contributed by atoms with Crippen molar-refractivity contribution in [3.05, 3.63) is 89.5 Å². The molecule has 2 aliphatic rings. The van der Waals surface area contributed by atoms with E-state index in [1.54, 1.807) is 0 Å². The number of hydrogen-bond donors (Lipinski definition) is 2. The molecule has 0 amide bonds. The highest BCUT2D eigenvalue weighted by molar-refractivity contribution is 7.80. The van der Waals surface area contributed by atoms with Crippen LogP contribution in [0, 0.1) is 6.92 Å². The largest absolute Gasteiger partial charge is 0.332 e. The third-order valence-electron chi connectivity index (χ3n) is 6.05. The third kappa shape index (κ3) is 3.72. The predicted molar refractivity (Wildman–Crippen MR) is 127 cm³/mol. The highest BCUT2D eigenvalue weighted by Gasteiger charge is 2.34. The van der Waals surface area contributed by atoms with Gasteiger partial charge in [-0.25, -0.2) is 5.01 Å². The Morgan fingerprint density at radius 2 is 1.37 bits per heavy atom. The zero-order valence-corrected chi connectivity index (χ0v) is 18.0. The van der Waals surface area contributed by atoms with E-state index in [4.69, 9.17) is 12.2 Å². The van der Waals surface area contributed by atoms with Gasteiger partial charge in [0.1, 0.15) is 0 Å². The van der Waals surface area contributed by atoms with Crippen molar-refractivity contribution in [2.24, 2.45) is 0 Å². The third-order valence-corrected chi connectivity index (χ3v) is 6.24. The summed E-state index contributed by atoms with van der Waals surface area (Å²) in [6, 6.07) is 26.3. The van der Waals surface area contributed by atoms with Crippen molar-refractivity contribution in [3.63, 3.8) is 0 Å². The fourth-order valence-corrected chi connectivity index (χ4v) is 4.80. The molecule has 0 saturated carbocycles. The summed E-state index contributed by atoms with van der Waals surface area (Å²) in [5.41, 5.74) is 11.2. The molecule has 1 aliphatic carbocycles. The number of benzene rings is 3. The lowest BCUT2D eigenvalue weighted by atomic mass is 10.0. The van der Waals surface area contributed by atoms with Gasteiger partial charge in [0.25, 0.3) is 0 Å². The van der Waals surface area contributed by atoms with E-state index in [1.165, 1.54) is 27.8 Å². The van der Waals surface area contributed by atoms with Gasteiger partial charge in [-0.15, -0.1) is 0 Å². The van der Waals surface area contributed by atoms with E-state index in [2.05, 4.69) is 100 Å². The van der Waals surface area contributed by atoms with Crippen LogP contribution in [0.5, 0.6) is 0 Å². The molecule has 152 valence electrons. The van der Waals surface area contributed by atoms with Gasteiger partial charge in [-0.1, -0.05) is 66.2 Å². The van der Waals surface area contributed by atoms with Crippen molar-refractivity contribution in [1.29, 1.82) is 0 Å². The molecule has 0 bridgehead atoms. The molecular weight excluding hydrogens is 388 g/mol. The molecule has 3 aromatic carbocycles. The van der Waals surface area contributed by atoms with Crippen LogP contribution >= 0.6 is 12.2 Å². The molecule has 1 aliphatic heterocycles. The number of thiocarbonyl (C=S) groups is 1. The van der Waals surface area contributed by atoms with E-state index in [0.29, 0.717) is 11.2 Å². The summed E-state index contributed by atoms with van der Waals surface area (Å²) in [4.78, 5) is 2.60. The Morgan fingerprint density at radius 1 is 0.800 bits per heavy atom. The van der Waals surface area contributed by atoms with E-state index in [1.807, 2.05) is 0 Å². The van der Waals surface area contributed by atoms with E-state index in [-0.39, 0.29) is 0 Å². The normalized spacial score (nSPS) is 16.7. The molecule has 0 aromatic heterocycles. The Balaban J connectivity index is 1.23. The first-order chi connectivity index (χ1) is 14.7. The van der Waals surface area contributed by atoms with Crippen LogP contribution in [-0.4, -0.2) is 41.2 Å². The van der Waals surface area contributed by atoms with Crippen LogP contribution in [0.4, 0.5) is 5.69 Å². The number of nitrogens with one attached hydrogen (secondary N) is 2. The molecule has 30 heavy (non-hydrogen) atoms. The first kappa shape index (κ1) is 19.2. The lowest BCUT2D eigenvalue weighted by Gasteiger charge is -2.39. The number of hydrazine groups is 1. The minimum absolute atomic E-state index is 0.345. The van der Waals surface area contributed by atoms with Crippen LogP contribution < -0.4 is 10.7 Å². The summed E-state index contributed by atoms with van der Waals surface area (Å²) in [5, 5.41) is 6.13. The summed E-state index contributed by atoms with van der Waals surface area (Å²) < 4.78 is 0. The Hall–Kier alpha value is -2.73. The molecule has 0 spiro atoms. The van der Waals surface area contributed by atoms with Crippen LogP contribution in [0.3, 0.4) is 0 Å². The number of anilines is 1. The number of fused-ring (bicyclic) bond motifs is 3. The smallest absolute Gasteiger partial charge is 0.185 e. The van der Waals surface area contributed by atoms with Gasteiger partial charge >= 0.3 is 0 Å². The second-order valence-electron chi connectivity index (χ2n) is 8.03. The maximum absolute atomic E-state index is 5.51. The molecule has 0 atom stereocenters. The summed E-state index contributed by atoms with van der Waals surface area (Å²) in [6.45, 7) is 5.93. The predicted octanol–water partition coefficient (Wildman–Crippen LogP) is 4.58. The lowest BCUT2D eigenvalue weighted by molar-refractivity contribution is 0.0937. The SMILES string of the molecule is Cc1ccc(NC(=S)NN2CCN(C3c4ccccc4-c4ccccc43)CC2)cc1. The highest BCUT2D eigenvalue weighted by Crippen LogP contribution is 2.46. The average molecular weight is 415 g/mol. The van der Waals surface area contributed by atoms with E-state index < -0.39 is 0 Å². The zero-order chi connectivity index (χ0) is 20.5. The van der Waals surface area contributed by atoms with Crippen LogP contribution in [0.15, 0.2) is 72.8 Å². The zero-order valence-electron chi connectivity index (χ0n) is 17.1. The Labute approximate surface area is 183 Å². The fraction of sp³-hybridized carbons (Fsp3) is 0.240. The maximum Gasteiger partial charge on any atom is 0.185 e. The van der Waals surface area contributed by atoms with Gasteiger partial charge < -0.3 is 5.32 Å². The Kier molecular flexibility index (Phi) is 5.25. The molecule has 5 rings (SSSR count). The fourth-order valence-electron chi connectivity index (χ4n) is 4.55. The number of piperazine rings is 1. The van der Waals surface area contributed by atoms with Gasteiger partial charge in [0.05, 0.1) is 6.04 Å². The molecule has 1 heterocycles. The maximum atomic E-state index is 5.51. The standard InChI is InChI=1S/C25H26N4S/c1-18-10-12-19(13-11-18)26-25(30)27-29-16-14-28(15-17-29)24-22-8-4-2-6-20(22)21-7-3-5-9-23(21)24/h2-13,24H,14-17H2,1H3,(H2,26,27,30). The van der Waals surface area contributed by atoms with Crippen molar-refractivity contribution in [3.8, 4) is 11.1 Å². The summed E-state index contributed by atoms with van der Waals surface area (Å²) in [5.74, 6) is 0. The van der Waals surface area contributed by atoms with Crippen molar-refractivity contribution >= 4 is 23.0 Å². The van der Waals surface area contributed by atoms with Gasteiger partial charge in [-0.05, 0) is 53.5 Å². The molecule has 3 aromatic rings. The molecule has 2 N–H and O–H groups in total. The second-order valence-corrected chi connectivity index (χ2v) is 8.44. The number of rotatable bonds is 3. The molecule has 4 nitrogen and oxygen atoms in total. The summed E-state index contributed by atoms with van der Waals surface area (Å²) >= 11 is 5.51. The van der Waals surface area contributed by atoms with Gasteiger partial charge in [0.2, 0.25) is 0 Å². The molecule has 0 unspecified atom stereocenters. The average Bonchev–Trinajstić information content (AvgIpc) is 3.11. The lowest BCUT2D eigenvalue weighted by Crippen LogP contribution is -2.54. The van der Waals surface area contributed by atoms with Gasteiger partial charge in [0, 0.05) is 31.9 Å². The molecule has 1 fully saturated rings. The molecule has 5 heteroatoms. The topological polar surface area (TPSA) is 30.5 Å². The molecular formula is C25H26N4S. The molecule has 0 radical (unpaired) electrons. The van der Waals surface area contributed by atoms with Crippen molar-refractivity contribution in [1.82, 2.24) is 15.3 Å². The highest BCUT2D eigenvalue weighted by atomic mass is 32.1. The van der Waals surface area contributed by atoms with Crippen LogP contribution in [-0.2, 0) is 0 Å². The van der Waals surface area contributed by atoms with E-state index in [0.717, 1.165) is 31.9 Å². The number of nitrogens with zero attached hydrogens (tertiary/aromatic N) is 2. The van der Waals surface area contributed by atoms with Gasteiger partial charge in [-0.3, -0.25) is 10.3 Å². The van der Waals surface area contributed by atoms with Gasteiger partial charge in [-0.2, -0.15) is 0 Å². The first-order valence-electron chi connectivity index (χ1n) is 10.5. The number of hydrogen-bond acceptors (Lipinski definition) is 3. The first-order valence-corrected chi connectivity index (χ1v) is 10.9. The minimum atomic E-state index is 0.345. The summed E-state index contributed by atoms with van der Waals surface area (Å²) in [6.07, 6.45) is 0.